The summed E-state index contributed by atoms with van der Waals surface area (Å²) >= 11 is 0. The number of likely N-dealkylation sites (tertiary alicyclic amines) is 2. The summed E-state index contributed by atoms with van der Waals surface area (Å²) in [5.41, 5.74) is 1.69. The van der Waals surface area contributed by atoms with E-state index in [1.807, 2.05) is 17.0 Å². The third kappa shape index (κ3) is 3.41. The number of fused-ring (bicyclic) bond motifs is 1. The highest BCUT2D eigenvalue weighted by atomic mass is 19.1. The Bertz CT molecular complexity index is 913. The van der Waals surface area contributed by atoms with Crippen LogP contribution in [-0.4, -0.2) is 52.3 Å². The number of benzene rings is 1. The Morgan fingerprint density at radius 2 is 1.69 bits per heavy atom. The lowest BCUT2D eigenvalue weighted by molar-refractivity contribution is -0.134. The molecule has 2 aromatic rings. The number of pyridine rings is 1. The Kier molecular flexibility index (Phi) is 4.57. The summed E-state index contributed by atoms with van der Waals surface area (Å²) in [5.74, 6) is 0.486. The molecular formula is C23H24FN3O2. The first-order valence-corrected chi connectivity index (χ1v) is 10.4. The van der Waals surface area contributed by atoms with Gasteiger partial charge in [-0.3, -0.25) is 14.6 Å². The maximum absolute atomic E-state index is 13.5. The lowest BCUT2D eigenvalue weighted by Crippen LogP contribution is -2.50. The molecule has 29 heavy (non-hydrogen) atoms. The predicted octanol–water partition coefficient (Wildman–Crippen LogP) is 3.09. The van der Waals surface area contributed by atoms with Crippen LogP contribution in [0.2, 0.25) is 0 Å². The van der Waals surface area contributed by atoms with Crippen LogP contribution in [0.25, 0.3) is 0 Å². The molecule has 0 N–H and O–H groups in total. The molecule has 0 bridgehead atoms. The van der Waals surface area contributed by atoms with E-state index in [0.717, 1.165) is 24.8 Å². The van der Waals surface area contributed by atoms with Crippen LogP contribution in [0.3, 0.4) is 0 Å². The monoisotopic (exact) mass is 393 g/mol. The van der Waals surface area contributed by atoms with Crippen LogP contribution in [0.15, 0.2) is 48.8 Å². The van der Waals surface area contributed by atoms with E-state index < -0.39 is 0 Å². The summed E-state index contributed by atoms with van der Waals surface area (Å²) < 4.78 is 13.5. The van der Waals surface area contributed by atoms with Gasteiger partial charge in [0.15, 0.2) is 0 Å². The number of hydrogen-bond acceptors (Lipinski definition) is 3. The number of carbonyl (C=O) groups excluding carboxylic acids is 2. The van der Waals surface area contributed by atoms with E-state index in [4.69, 9.17) is 0 Å². The van der Waals surface area contributed by atoms with Crippen molar-refractivity contribution in [1.82, 2.24) is 14.8 Å². The van der Waals surface area contributed by atoms with Gasteiger partial charge in [-0.05, 0) is 49.1 Å². The number of nitrogens with zero attached hydrogens (tertiary/aromatic N) is 3. The standard InChI is InChI=1S/C23H24FN3O2/c24-18-5-3-15(4-6-18)19-14-27(23(29)16-1-2-16)21-9-12-26(13-20(19)21)22(28)17-7-10-25-11-8-17/h3-8,10-11,16,19-21H,1-2,9,12-14H2/t19-,20-,21-/m1/s1. The van der Waals surface area contributed by atoms with E-state index in [2.05, 4.69) is 9.88 Å². The van der Waals surface area contributed by atoms with Gasteiger partial charge >= 0.3 is 0 Å². The fraction of sp³-hybridized carbons (Fsp3) is 0.435. The molecular weight excluding hydrogens is 369 g/mol. The molecule has 0 spiro atoms. The zero-order valence-corrected chi connectivity index (χ0v) is 16.2. The van der Waals surface area contributed by atoms with Crippen molar-refractivity contribution in [3.63, 3.8) is 0 Å². The molecule has 2 amide bonds. The molecule has 1 aromatic carbocycles. The molecule has 150 valence electrons. The van der Waals surface area contributed by atoms with Gasteiger partial charge in [0, 0.05) is 61.4 Å². The normalized spacial score (nSPS) is 26.3. The molecule has 3 heterocycles. The Labute approximate surface area is 169 Å². The van der Waals surface area contributed by atoms with Crippen molar-refractivity contribution in [2.75, 3.05) is 19.6 Å². The number of carbonyl (C=O) groups is 2. The quantitative estimate of drug-likeness (QED) is 0.805. The molecule has 0 radical (unpaired) electrons. The van der Waals surface area contributed by atoms with Crippen LogP contribution in [0.1, 0.15) is 41.1 Å². The lowest BCUT2D eigenvalue weighted by Gasteiger charge is -2.39. The topological polar surface area (TPSA) is 53.5 Å². The van der Waals surface area contributed by atoms with E-state index in [1.165, 1.54) is 12.1 Å². The highest BCUT2D eigenvalue weighted by Crippen LogP contribution is 2.44. The number of hydrogen-bond donors (Lipinski definition) is 0. The maximum atomic E-state index is 13.5. The molecule has 6 heteroatoms. The fourth-order valence-electron chi connectivity index (χ4n) is 4.98. The highest BCUT2D eigenvalue weighted by molar-refractivity contribution is 5.94. The summed E-state index contributed by atoms with van der Waals surface area (Å²) in [5, 5.41) is 0. The Hall–Kier alpha value is -2.76. The van der Waals surface area contributed by atoms with Crippen LogP contribution in [0.5, 0.6) is 0 Å². The van der Waals surface area contributed by atoms with Crippen LogP contribution in [0, 0.1) is 17.7 Å². The second kappa shape index (κ2) is 7.25. The Morgan fingerprint density at radius 1 is 0.966 bits per heavy atom. The van der Waals surface area contributed by atoms with Crippen molar-refractivity contribution in [3.05, 3.63) is 65.7 Å². The minimum atomic E-state index is -0.257. The maximum Gasteiger partial charge on any atom is 0.253 e. The van der Waals surface area contributed by atoms with Crippen molar-refractivity contribution in [2.45, 2.75) is 31.2 Å². The van der Waals surface area contributed by atoms with Crippen LogP contribution in [0.4, 0.5) is 4.39 Å². The minimum absolute atomic E-state index is 0.00988. The molecule has 5 rings (SSSR count). The number of aromatic nitrogens is 1. The van der Waals surface area contributed by atoms with E-state index >= 15 is 0 Å². The van der Waals surface area contributed by atoms with Gasteiger partial charge in [-0.25, -0.2) is 4.39 Å². The van der Waals surface area contributed by atoms with Gasteiger partial charge in [-0.2, -0.15) is 0 Å². The molecule has 2 aliphatic heterocycles. The van der Waals surface area contributed by atoms with E-state index in [-0.39, 0.29) is 41.4 Å². The Morgan fingerprint density at radius 3 is 2.38 bits per heavy atom. The van der Waals surface area contributed by atoms with Gasteiger partial charge in [-0.15, -0.1) is 0 Å². The molecule has 3 fully saturated rings. The summed E-state index contributed by atoms with van der Waals surface area (Å²) in [4.78, 5) is 33.8. The van der Waals surface area contributed by atoms with E-state index in [0.29, 0.717) is 25.2 Å². The van der Waals surface area contributed by atoms with Crippen LogP contribution in [-0.2, 0) is 4.79 Å². The summed E-state index contributed by atoms with van der Waals surface area (Å²) in [6, 6.07) is 10.3. The number of halogens is 1. The average Bonchev–Trinajstić information content (AvgIpc) is 3.54. The van der Waals surface area contributed by atoms with Crippen molar-refractivity contribution < 1.29 is 14.0 Å². The molecule has 5 nitrogen and oxygen atoms in total. The third-order valence-corrected chi connectivity index (χ3v) is 6.65. The largest absolute Gasteiger partial charge is 0.338 e. The summed E-state index contributed by atoms with van der Waals surface area (Å²) in [7, 11) is 0. The minimum Gasteiger partial charge on any atom is -0.338 e. The first-order chi connectivity index (χ1) is 14.1. The highest BCUT2D eigenvalue weighted by Gasteiger charge is 2.49. The molecule has 2 saturated heterocycles. The first kappa shape index (κ1) is 18.3. The number of piperidine rings is 1. The van der Waals surface area contributed by atoms with Gasteiger partial charge in [0.1, 0.15) is 5.82 Å². The van der Waals surface area contributed by atoms with Crippen molar-refractivity contribution in [2.24, 2.45) is 11.8 Å². The van der Waals surface area contributed by atoms with Gasteiger partial charge in [-0.1, -0.05) is 12.1 Å². The smallest absolute Gasteiger partial charge is 0.253 e. The van der Waals surface area contributed by atoms with Crippen LogP contribution < -0.4 is 0 Å². The van der Waals surface area contributed by atoms with Crippen molar-refractivity contribution >= 4 is 11.8 Å². The van der Waals surface area contributed by atoms with E-state index in [9.17, 15) is 14.0 Å². The predicted molar refractivity (Wildman–Crippen MR) is 106 cm³/mol. The van der Waals surface area contributed by atoms with Gasteiger partial charge in [0.05, 0.1) is 0 Å². The van der Waals surface area contributed by atoms with Crippen molar-refractivity contribution in [3.8, 4) is 0 Å². The lowest BCUT2D eigenvalue weighted by atomic mass is 9.81. The van der Waals surface area contributed by atoms with Crippen LogP contribution >= 0.6 is 0 Å². The molecule has 1 aliphatic carbocycles. The average molecular weight is 393 g/mol. The zero-order valence-electron chi connectivity index (χ0n) is 16.2. The van der Waals surface area contributed by atoms with Gasteiger partial charge in [0.25, 0.3) is 5.91 Å². The van der Waals surface area contributed by atoms with Gasteiger partial charge in [0.2, 0.25) is 5.91 Å². The number of amides is 2. The van der Waals surface area contributed by atoms with Gasteiger partial charge < -0.3 is 9.80 Å². The Balaban J connectivity index is 1.42. The first-order valence-electron chi connectivity index (χ1n) is 10.4. The fourth-order valence-corrected chi connectivity index (χ4v) is 4.98. The molecule has 3 aliphatic rings. The van der Waals surface area contributed by atoms with Crippen molar-refractivity contribution in [1.29, 1.82) is 0 Å². The second-order valence-corrected chi connectivity index (χ2v) is 8.43. The SMILES string of the molecule is O=C(c1ccncc1)N1CC[C@@H]2[C@H](C1)[C@@H](c1ccc(F)cc1)CN2C(=O)C1CC1. The zero-order chi connectivity index (χ0) is 20.0. The second-order valence-electron chi connectivity index (χ2n) is 8.43. The summed E-state index contributed by atoms with van der Waals surface area (Å²) in [6.45, 7) is 1.92. The number of rotatable bonds is 3. The third-order valence-electron chi connectivity index (χ3n) is 6.65. The molecule has 1 aromatic heterocycles. The molecule has 3 atom stereocenters. The van der Waals surface area contributed by atoms with E-state index in [1.54, 1.807) is 24.5 Å². The molecule has 1 saturated carbocycles. The summed E-state index contributed by atoms with van der Waals surface area (Å²) in [6.07, 6.45) is 6.03. The molecule has 0 unspecified atom stereocenters.